The molecule has 0 fully saturated rings. The van der Waals surface area contributed by atoms with Gasteiger partial charge in [0.15, 0.2) is 0 Å². The third kappa shape index (κ3) is 5.00. The summed E-state index contributed by atoms with van der Waals surface area (Å²) in [6.45, 7) is 3.25. The van der Waals surface area contributed by atoms with Gasteiger partial charge >= 0.3 is 5.97 Å². The summed E-state index contributed by atoms with van der Waals surface area (Å²) in [7, 11) is 2.99. The Labute approximate surface area is 217 Å². The van der Waals surface area contributed by atoms with Crippen LogP contribution in [0.15, 0.2) is 46.3 Å². The summed E-state index contributed by atoms with van der Waals surface area (Å²) in [5, 5.41) is 14.7. The van der Waals surface area contributed by atoms with Crippen molar-refractivity contribution in [3.63, 3.8) is 0 Å². The SMILES string of the molecule is CCOC(=O)c1c(-c2ccc(Cl)cc2Cl)c(C#N)c(=O)n(N=C(C)c2cc(OC)ccc2OC)c1N. The molecule has 9 nitrogen and oxygen atoms in total. The maximum Gasteiger partial charge on any atom is 0.342 e. The molecule has 0 aliphatic rings. The number of nitriles is 1. The predicted octanol–water partition coefficient (Wildman–Crippen LogP) is 4.74. The van der Waals surface area contributed by atoms with Crippen LogP contribution in [0.4, 0.5) is 5.82 Å². The number of hydrogen-bond acceptors (Lipinski definition) is 8. The molecular weight excluding hydrogens is 507 g/mol. The van der Waals surface area contributed by atoms with Crippen molar-refractivity contribution in [3.05, 3.63) is 73.5 Å². The van der Waals surface area contributed by atoms with Crippen LogP contribution in [0.5, 0.6) is 11.5 Å². The van der Waals surface area contributed by atoms with Gasteiger partial charge in [0.25, 0.3) is 5.56 Å². The molecule has 36 heavy (non-hydrogen) atoms. The highest BCUT2D eigenvalue weighted by Crippen LogP contribution is 2.36. The number of nitrogen functional groups attached to an aromatic ring is 1. The fourth-order valence-corrected chi connectivity index (χ4v) is 4.06. The molecule has 186 valence electrons. The van der Waals surface area contributed by atoms with E-state index in [1.165, 1.54) is 32.4 Å². The molecule has 0 atom stereocenters. The molecule has 1 aromatic heterocycles. The molecule has 11 heteroatoms. The molecule has 0 saturated heterocycles. The number of nitrogens with zero attached hydrogens (tertiary/aromatic N) is 3. The fourth-order valence-electron chi connectivity index (χ4n) is 3.56. The molecule has 0 aliphatic carbocycles. The molecule has 0 aliphatic heterocycles. The lowest BCUT2D eigenvalue weighted by atomic mass is 9.96. The Kier molecular flexibility index (Phi) is 8.25. The molecule has 0 radical (unpaired) electrons. The van der Waals surface area contributed by atoms with E-state index in [0.29, 0.717) is 27.8 Å². The Morgan fingerprint density at radius 3 is 2.47 bits per heavy atom. The summed E-state index contributed by atoms with van der Waals surface area (Å²) >= 11 is 12.4. The molecule has 3 aromatic rings. The van der Waals surface area contributed by atoms with Crippen molar-refractivity contribution in [2.45, 2.75) is 13.8 Å². The van der Waals surface area contributed by atoms with E-state index in [1.807, 2.05) is 6.07 Å². The number of rotatable bonds is 7. The van der Waals surface area contributed by atoms with Crippen LogP contribution in [0.25, 0.3) is 11.1 Å². The maximum atomic E-state index is 13.4. The fraction of sp³-hybridized carbons (Fsp3) is 0.200. The molecule has 2 aromatic carbocycles. The molecule has 0 saturated carbocycles. The molecule has 0 bridgehead atoms. The summed E-state index contributed by atoms with van der Waals surface area (Å²) < 4.78 is 16.6. The minimum absolute atomic E-state index is 0.0242. The summed E-state index contributed by atoms with van der Waals surface area (Å²) in [5.74, 6) is -0.203. The van der Waals surface area contributed by atoms with Crippen LogP contribution in [0.3, 0.4) is 0 Å². The van der Waals surface area contributed by atoms with Crippen molar-refractivity contribution in [2.75, 3.05) is 26.6 Å². The number of nitrogens with two attached hydrogens (primary N) is 1. The normalized spacial score (nSPS) is 11.1. The van der Waals surface area contributed by atoms with Crippen LogP contribution in [0, 0.1) is 11.3 Å². The number of halogens is 2. The highest BCUT2D eigenvalue weighted by atomic mass is 35.5. The second-order valence-corrected chi connectivity index (χ2v) is 8.18. The van der Waals surface area contributed by atoms with Gasteiger partial charge in [0, 0.05) is 26.7 Å². The van der Waals surface area contributed by atoms with Gasteiger partial charge in [-0.2, -0.15) is 15.0 Å². The second kappa shape index (κ2) is 11.2. The van der Waals surface area contributed by atoms with E-state index in [-0.39, 0.29) is 34.1 Å². The van der Waals surface area contributed by atoms with E-state index < -0.39 is 17.1 Å². The van der Waals surface area contributed by atoms with Gasteiger partial charge in [-0.3, -0.25) is 4.79 Å². The maximum absolute atomic E-state index is 13.4. The molecule has 0 spiro atoms. The van der Waals surface area contributed by atoms with Crippen molar-refractivity contribution >= 4 is 40.7 Å². The number of anilines is 1. The zero-order valence-electron chi connectivity index (χ0n) is 19.9. The van der Waals surface area contributed by atoms with E-state index in [0.717, 1.165) is 4.68 Å². The van der Waals surface area contributed by atoms with E-state index in [2.05, 4.69) is 5.10 Å². The molecule has 1 heterocycles. The van der Waals surface area contributed by atoms with Crippen molar-refractivity contribution in [2.24, 2.45) is 5.10 Å². The van der Waals surface area contributed by atoms with E-state index >= 15 is 0 Å². The smallest absolute Gasteiger partial charge is 0.342 e. The lowest BCUT2D eigenvalue weighted by Gasteiger charge is -2.17. The van der Waals surface area contributed by atoms with Crippen LogP contribution in [0.1, 0.15) is 35.3 Å². The van der Waals surface area contributed by atoms with Gasteiger partial charge < -0.3 is 19.9 Å². The number of ether oxygens (including phenoxy) is 3. The van der Waals surface area contributed by atoms with Crippen molar-refractivity contribution < 1.29 is 19.0 Å². The van der Waals surface area contributed by atoms with Gasteiger partial charge in [0.1, 0.15) is 34.5 Å². The van der Waals surface area contributed by atoms with Crippen molar-refractivity contribution in [1.82, 2.24) is 4.68 Å². The van der Waals surface area contributed by atoms with E-state index in [1.54, 1.807) is 32.0 Å². The number of benzene rings is 2. The van der Waals surface area contributed by atoms with Gasteiger partial charge in [-0.1, -0.05) is 29.3 Å². The Morgan fingerprint density at radius 2 is 1.89 bits per heavy atom. The first kappa shape index (κ1) is 26.6. The van der Waals surface area contributed by atoms with Crippen molar-refractivity contribution in [1.29, 1.82) is 5.26 Å². The first-order valence-electron chi connectivity index (χ1n) is 10.6. The zero-order valence-corrected chi connectivity index (χ0v) is 21.4. The minimum atomic E-state index is -0.856. The van der Waals surface area contributed by atoms with Gasteiger partial charge in [-0.25, -0.2) is 4.79 Å². The Hall–Kier alpha value is -4.00. The zero-order chi connectivity index (χ0) is 26.6. The van der Waals surface area contributed by atoms with Gasteiger partial charge in [-0.05, 0) is 44.2 Å². The Balaban J connectivity index is 2.40. The molecule has 2 N–H and O–H groups in total. The summed E-state index contributed by atoms with van der Waals surface area (Å²) in [4.78, 5) is 26.5. The summed E-state index contributed by atoms with van der Waals surface area (Å²) in [6, 6.07) is 11.3. The lowest BCUT2D eigenvalue weighted by Crippen LogP contribution is -2.28. The minimum Gasteiger partial charge on any atom is -0.497 e. The largest absolute Gasteiger partial charge is 0.497 e. The average molecular weight is 529 g/mol. The summed E-state index contributed by atoms with van der Waals surface area (Å²) in [6.07, 6.45) is 0. The van der Waals surface area contributed by atoms with Crippen LogP contribution in [-0.2, 0) is 4.74 Å². The number of carbonyl (C=O) groups excluding carboxylic acids is 1. The van der Waals surface area contributed by atoms with Crippen molar-refractivity contribution in [3.8, 4) is 28.7 Å². The molecule has 0 amide bonds. The van der Waals surface area contributed by atoms with Gasteiger partial charge in [0.05, 0.1) is 26.5 Å². The number of pyridine rings is 1. The van der Waals surface area contributed by atoms with Crippen LogP contribution in [-0.4, -0.2) is 37.2 Å². The quantitative estimate of drug-likeness (QED) is 0.346. The first-order valence-corrected chi connectivity index (χ1v) is 11.3. The number of hydrogen-bond donors (Lipinski definition) is 1. The Bertz CT molecular complexity index is 1470. The second-order valence-electron chi connectivity index (χ2n) is 7.34. The van der Waals surface area contributed by atoms with Crippen LogP contribution >= 0.6 is 23.2 Å². The predicted molar refractivity (Wildman–Crippen MR) is 138 cm³/mol. The third-order valence-corrected chi connectivity index (χ3v) is 5.78. The molecular formula is C25H22Cl2N4O5. The van der Waals surface area contributed by atoms with Crippen LogP contribution in [0.2, 0.25) is 10.0 Å². The lowest BCUT2D eigenvalue weighted by molar-refractivity contribution is 0.0527. The standard InChI is InChI=1S/C25H22Cl2N4O5/c1-5-36-25(33)22-21(16-8-6-14(26)10-19(16)27)18(12-28)24(32)31(23(22)29)30-13(2)17-11-15(34-3)7-9-20(17)35-4/h6-11H,5,29H2,1-4H3. The van der Waals surface area contributed by atoms with E-state index in [9.17, 15) is 14.9 Å². The molecule has 0 unspecified atom stereocenters. The number of carbonyl (C=O) groups is 1. The topological polar surface area (TPSA) is 129 Å². The number of methoxy groups -OCH3 is 2. The first-order chi connectivity index (χ1) is 17.2. The van der Waals surface area contributed by atoms with Gasteiger partial charge in [-0.15, -0.1) is 0 Å². The van der Waals surface area contributed by atoms with E-state index in [4.69, 9.17) is 43.1 Å². The number of esters is 1. The van der Waals surface area contributed by atoms with Gasteiger partial charge in [0.2, 0.25) is 0 Å². The monoisotopic (exact) mass is 528 g/mol. The third-order valence-electron chi connectivity index (χ3n) is 5.23. The number of aromatic nitrogens is 1. The molecule has 3 rings (SSSR count). The highest BCUT2D eigenvalue weighted by molar-refractivity contribution is 6.36. The summed E-state index contributed by atoms with van der Waals surface area (Å²) in [5.41, 5.74) is 5.80. The van der Waals surface area contributed by atoms with Crippen LogP contribution < -0.4 is 20.8 Å². The average Bonchev–Trinajstić information content (AvgIpc) is 2.86. The Morgan fingerprint density at radius 1 is 1.17 bits per heavy atom. The highest BCUT2D eigenvalue weighted by Gasteiger charge is 2.28.